The second-order valence-corrected chi connectivity index (χ2v) is 5.36. The van der Waals surface area contributed by atoms with Crippen LogP contribution in [0, 0.1) is 5.82 Å². The van der Waals surface area contributed by atoms with Gasteiger partial charge in [0.05, 0.1) is 11.4 Å². The minimum absolute atomic E-state index is 0.00700. The van der Waals surface area contributed by atoms with Gasteiger partial charge in [-0.25, -0.2) is 12.8 Å². The lowest BCUT2D eigenvalue weighted by Crippen LogP contribution is -2.32. The van der Waals surface area contributed by atoms with Crippen molar-refractivity contribution in [1.29, 1.82) is 0 Å². The Morgan fingerprint density at radius 3 is 2.65 bits per heavy atom. The van der Waals surface area contributed by atoms with Crippen LogP contribution in [0.5, 0.6) is 0 Å². The number of carboxylic acids is 1. The zero-order valence-electron chi connectivity index (χ0n) is 8.84. The third-order valence-corrected chi connectivity index (χ3v) is 3.72. The summed E-state index contributed by atoms with van der Waals surface area (Å²) in [5.41, 5.74) is 5.26. The minimum atomic E-state index is -4.15. The van der Waals surface area contributed by atoms with Gasteiger partial charge in [0.15, 0.2) is 5.25 Å². The van der Waals surface area contributed by atoms with E-state index in [1.807, 2.05) is 4.72 Å². The largest absolute Gasteiger partial charge is 0.480 e. The average Bonchev–Trinajstić information content (AvgIpc) is 2.21. The zero-order chi connectivity index (χ0) is 13.2. The zero-order valence-corrected chi connectivity index (χ0v) is 9.66. The average molecular weight is 262 g/mol. The molecule has 0 aliphatic heterocycles. The van der Waals surface area contributed by atoms with Crippen molar-refractivity contribution < 1.29 is 22.7 Å². The van der Waals surface area contributed by atoms with Gasteiger partial charge in [0, 0.05) is 6.07 Å². The fraction of sp³-hybridized carbons (Fsp3) is 0.222. The monoisotopic (exact) mass is 262 g/mol. The van der Waals surface area contributed by atoms with Crippen molar-refractivity contribution in [1.82, 2.24) is 0 Å². The summed E-state index contributed by atoms with van der Waals surface area (Å²) in [6, 6.07) is 3.12. The fourth-order valence-corrected chi connectivity index (χ4v) is 1.92. The highest BCUT2D eigenvalue weighted by atomic mass is 32.2. The summed E-state index contributed by atoms with van der Waals surface area (Å²) >= 11 is 0. The lowest BCUT2D eigenvalue weighted by molar-refractivity contribution is -0.136. The third kappa shape index (κ3) is 3.06. The van der Waals surface area contributed by atoms with Crippen LogP contribution in [0.25, 0.3) is 0 Å². The number of anilines is 2. The maximum Gasteiger partial charge on any atom is 0.323 e. The Morgan fingerprint density at radius 1 is 1.53 bits per heavy atom. The molecule has 6 nitrogen and oxygen atoms in total. The Labute approximate surface area is 97.3 Å². The van der Waals surface area contributed by atoms with Gasteiger partial charge >= 0.3 is 5.97 Å². The van der Waals surface area contributed by atoms with Crippen molar-refractivity contribution in [3.05, 3.63) is 24.0 Å². The molecule has 1 aromatic rings. The summed E-state index contributed by atoms with van der Waals surface area (Å²) < 4.78 is 37.9. The smallest absolute Gasteiger partial charge is 0.323 e. The molecule has 0 saturated heterocycles. The molecule has 0 spiro atoms. The fourth-order valence-electron chi connectivity index (χ4n) is 0.991. The van der Waals surface area contributed by atoms with Gasteiger partial charge in [0.25, 0.3) is 0 Å². The van der Waals surface area contributed by atoms with Crippen molar-refractivity contribution in [2.24, 2.45) is 0 Å². The van der Waals surface area contributed by atoms with Crippen molar-refractivity contribution in [3.8, 4) is 0 Å². The normalized spacial score (nSPS) is 13.1. The van der Waals surface area contributed by atoms with Gasteiger partial charge < -0.3 is 10.8 Å². The van der Waals surface area contributed by atoms with Crippen molar-refractivity contribution in [3.63, 3.8) is 0 Å². The van der Waals surface area contributed by atoms with Crippen molar-refractivity contribution in [2.45, 2.75) is 12.2 Å². The van der Waals surface area contributed by atoms with Gasteiger partial charge in [-0.2, -0.15) is 0 Å². The van der Waals surface area contributed by atoms with Gasteiger partial charge in [0.1, 0.15) is 5.82 Å². The van der Waals surface area contributed by atoms with E-state index in [1.54, 1.807) is 0 Å². The topological polar surface area (TPSA) is 109 Å². The molecule has 4 N–H and O–H groups in total. The number of halogens is 1. The molecule has 0 amide bonds. The predicted octanol–water partition coefficient (Wildman–Crippen LogP) is 0.623. The van der Waals surface area contributed by atoms with Crippen LogP contribution >= 0.6 is 0 Å². The second kappa shape index (κ2) is 4.58. The Bertz CT molecular complexity index is 544. The van der Waals surface area contributed by atoms with E-state index in [0.29, 0.717) is 0 Å². The molecule has 0 aliphatic rings. The van der Waals surface area contributed by atoms with E-state index in [1.165, 1.54) is 6.07 Å². The molecule has 1 rings (SSSR count). The SMILES string of the molecule is CC(C(=O)O)S(=O)(=O)Nc1cc(F)ccc1N. The van der Waals surface area contributed by atoms with Gasteiger partial charge in [-0.05, 0) is 19.1 Å². The lowest BCUT2D eigenvalue weighted by Gasteiger charge is -2.12. The van der Waals surface area contributed by atoms with Crippen LogP contribution in [0.3, 0.4) is 0 Å². The van der Waals surface area contributed by atoms with E-state index in [4.69, 9.17) is 10.8 Å². The lowest BCUT2D eigenvalue weighted by atomic mass is 10.3. The highest BCUT2D eigenvalue weighted by molar-refractivity contribution is 7.94. The molecular weight excluding hydrogens is 251 g/mol. The van der Waals surface area contributed by atoms with E-state index in [9.17, 15) is 17.6 Å². The number of nitrogen functional groups attached to an aromatic ring is 1. The number of carbonyl (C=O) groups is 1. The number of hydrogen-bond donors (Lipinski definition) is 3. The summed E-state index contributed by atoms with van der Waals surface area (Å²) in [6.07, 6.45) is 0. The number of rotatable bonds is 4. The molecule has 1 unspecified atom stereocenters. The number of carboxylic acid groups (broad SMARTS) is 1. The molecule has 0 fully saturated rings. The summed E-state index contributed by atoms with van der Waals surface area (Å²) in [6.45, 7) is 1.00. The van der Waals surface area contributed by atoms with Crippen molar-refractivity contribution >= 4 is 27.4 Å². The van der Waals surface area contributed by atoms with Crippen LogP contribution in [-0.2, 0) is 14.8 Å². The van der Waals surface area contributed by atoms with Gasteiger partial charge in [-0.15, -0.1) is 0 Å². The van der Waals surface area contributed by atoms with E-state index in [2.05, 4.69) is 0 Å². The van der Waals surface area contributed by atoms with Gasteiger partial charge in [-0.3, -0.25) is 9.52 Å². The predicted molar refractivity (Wildman–Crippen MR) is 60.5 cm³/mol. The number of hydrogen-bond acceptors (Lipinski definition) is 4. The first-order valence-electron chi connectivity index (χ1n) is 4.53. The molecular formula is C9H11FN2O4S. The number of nitrogens with one attached hydrogen (secondary N) is 1. The van der Waals surface area contributed by atoms with Crippen LogP contribution in [0.4, 0.5) is 15.8 Å². The maximum absolute atomic E-state index is 12.9. The molecule has 0 saturated carbocycles. The standard InChI is InChI=1S/C9H11FN2O4S/c1-5(9(13)14)17(15,16)12-8-4-6(10)2-3-7(8)11/h2-5,12H,11H2,1H3,(H,13,14). The quantitative estimate of drug-likeness (QED) is 0.689. The van der Waals surface area contributed by atoms with E-state index < -0.39 is 27.1 Å². The molecule has 0 aromatic heterocycles. The van der Waals surface area contributed by atoms with E-state index >= 15 is 0 Å². The summed E-state index contributed by atoms with van der Waals surface area (Å²) in [4.78, 5) is 10.6. The second-order valence-electron chi connectivity index (χ2n) is 3.36. The minimum Gasteiger partial charge on any atom is -0.480 e. The maximum atomic E-state index is 12.9. The first-order chi connectivity index (χ1) is 7.74. The highest BCUT2D eigenvalue weighted by Gasteiger charge is 2.28. The molecule has 8 heteroatoms. The van der Waals surface area contributed by atoms with Crippen LogP contribution in [-0.4, -0.2) is 24.7 Å². The van der Waals surface area contributed by atoms with Crippen LogP contribution in [0.15, 0.2) is 18.2 Å². The summed E-state index contributed by atoms with van der Waals surface area (Å²) in [7, 11) is -4.15. The van der Waals surface area contributed by atoms with Crippen LogP contribution in [0.2, 0.25) is 0 Å². The van der Waals surface area contributed by atoms with Crippen molar-refractivity contribution in [2.75, 3.05) is 10.5 Å². The molecule has 0 aliphatic carbocycles. The van der Waals surface area contributed by atoms with Crippen LogP contribution < -0.4 is 10.5 Å². The summed E-state index contributed by atoms with van der Waals surface area (Å²) in [5, 5.41) is 6.93. The van der Waals surface area contributed by atoms with Gasteiger partial charge in [-0.1, -0.05) is 0 Å². The van der Waals surface area contributed by atoms with Gasteiger partial charge in [0.2, 0.25) is 10.0 Å². The Kier molecular flexibility index (Phi) is 3.56. The molecule has 17 heavy (non-hydrogen) atoms. The Hall–Kier alpha value is -1.83. The first-order valence-corrected chi connectivity index (χ1v) is 6.08. The molecule has 0 heterocycles. The number of sulfonamides is 1. The van der Waals surface area contributed by atoms with Crippen LogP contribution in [0.1, 0.15) is 6.92 Å². The molecule has 0 bridgehead atoms. The molecule has 1 aromatic carbocycles. The number of nitrogens with two attached hydrogens (primary N) is 1. The molecule has 1 atom stereocenters. The Morgan fingerprint density at radius 2 is 2.12 bits per heavy atom. The van der Waals surface area contributed by atoms with E-state index in [0.717, 1.165) is 19.1 Å². The highest BCUT2D eigenvalue weighted by Crippen LogP contribution is 2.21. The third-order valence-electron chi connectivity index (χ3n) is 2.08. The first kappa shape index (κ1) is 13.2. The summed E-state index contributed by atoms with van der Waals surface area (Å²) in [5.74, 6) is -2.19. The molecule has 94 valence electrons. The number of benzene rings is 1. The molecule has 0 radical (unpaired) electrons. The Balaban J connectivity index is 3.06. The van der Waals surface area contributed by atoms with E-state index in [-0.39, 0.29) is 11.4 Å². The number of aliphatic carboxylic acids is 1.